The quantitative estimate of drug-likeness (QED) is 0.807. The molecule has 1 aromatic heterocycles. The van der Waals surface area contributed by atoms with Crippen LogP contribution in [0.5, 0.6) is 0 Å². The third kappa shape index (κ3) is 3.09. The minimum Gasteiger partial charge on any atom is -0.355 e. The minimum absolute atomic E-state index is 0.451. The summed E-state index contributed by atoms with van der Waals surface area (Å²) in [5.41, 5.74) is 0.503. The molecule has 0 N–H and O–H groups in total. The van der Waals surface area contributed by atoms with E-state index < -0.39 is 0 Å². The Labute approximate surface area is 108 Å². The Hall–Kier alpha value is -0.830. The Morgan fingerprint density at radius 1 is 1.24 bits per heavy atom. The summed E-state index contributed by atoms with van der Waals surface area (Å²) in [5, 5.41) is 8.48. The Kier molecular flexibility index (Phi) is 3.57. The van der Waals surface area contributed by atoms with Crippen LogP contribution in [0.25, 0.3) is 0 Å². The normalized spacial score (nSPS) is 20.2. The van der Waals surface area contributed by atoms with E-state index in [4.69, 9.17) is 11.6 Å². The molecule has 1 heterocycles. The van der Waals surface area contributed by atoms with Crippen LogP contribution in [0.1, 0.15) is 39.5 Å². The molecule has 0 bridgehead atoms. The number of aromatic nitrogens is 2. The zero-order valence-electron chi connectivity index (χ0n) is 10.8. The smallest absolute Gasteiger partial charge is 0.151 e. The van der Waals surface area contributed by atoms with Crippen molar-refractivity contribution < 1.29 is 0 Å². The summed E-state index contributed by atoms with van der Waals surface area (Å²) in [7, 11) is 2.10. The van der Waals surface area contributed by atoms with Crippen LogP contribution in [0.4, 0.5) is 5.82 Å². The van der Waals surface area contributed by atoms with Gasteiger partial charge in [0.2, 0.25) is 0 Å². The molecule has 0 aliphatic heterocycles. The molecule has 4 heteroatoms. The second kappa shape index (κ2) is 4.81. The second-order valence-electron chi connectivity index (χ2n) is 5.72. The first-order valence-electron chi connectivity index (χ1n) is 6.20. The van der Waals surface area contributed by atoms with Gasteiger partial charge >= 0.3 is 0 Å². The topological polar surface area (TPSA) is 29.0 Å². The maximum atomic E-state index is 5.75. The van der Waals surface area contributed by atoms with E-state index in [0.29, 0.717) is 16.6 Å². The van der Waals surface area contributed by atoms with Crippen molar-refractivity contribution in [3.8, 4) is 0 Å². The zero-order chi connectivity index (χ0) is 12.5. The second-order valence-corrected chi connectivity index (χ2v) is 6.11. The molecule has 0 unspecified atom stereocenters. The van der Waals surface area contributed by atoms with Gasteiger partial charge in [-0.05, 0) is 43.2 Å². The van der Waals surface area contributed by atoms with Gasteiger partial charge in [-0.15, -0.1) is 10.2 Å². The first-order chi connectivity index (χ1) is 7.98. The molecule has 0 aromatic carbocycles. The molecular formula is C13H20ClN3. The number of nitrogens with zero attached hydrogens (tertiary/aromatic N) is 3. The number of halogens is 1. The van der Waals surface area contributed by atoms with Crippen LogP contribution >= 0.6 is 11.6 Å². The van der Waals surface area contributed by atoms with E-state index >= 15 is 0 Å². The molecule has 0 saturated heterocycles. The number of hydrogen-bond donors (Lipinski definition) is 0. The van der Waals surface area contributed by atoms with Crippen molar-refractivity contribution in [1.82, 2.24) is 10.2 Å². The van der Waals surface area contributed by atoms with Gasteiger partial charge in [-0.25, -0.2) is 0 Å². The van der Waals surface area contributed by atoms with E-state index in [2.05, 4.69) is 36.0 Å². The Bertz CT molecular complexity index is 365. The maximum absolute atomic E-state index is 5.75. The van der Waals surface area contributed by atoms with Gasteiger partial charge in [-0.3, -0.25) is 0 Å². The first kappa shape index (κ1) is 12.6. The molecule has 0 amide bonds. The van der Waals surface area contributed by atoms with Gasteiger partial charge < -0.3 is 4.90 Å². The van der Waals surface area contributed by atoms with Crippen molar-refractivity contribution in [2.75, 3.05) is 11.9 Å². The van der Waals surface area contributed by atoms with Crippen molar-refractivity contribution >= 4 is 17.4 Å². The molecule has 1 aliphatic rings. The van der Waals surface area contributed by atoms with Crippen LogP contribution in [0.2, 0.25) is 5.15 Å². The van der Waals surface area contributed by atoms with Crippen molar-refractivity contribution in [2.45, 2.75) is 45.6 Å². The van der Waals surface area contributed by atoms with E-state index in [0.717, 1.165) is 5.82 Å². The van der Waals surface area contributed by atoms with Gasteiger partial charge in [0, 0.05) is 13.1 Å². The first-order valence-corrected chi connectivity index (χ1v) is 6.58. The average Bonchev–Trinajstić information content (AvgIpc) is 2.29. The third-order valence-corrected chi connectivity index (χ3v) is 4.04. The standard InChI is InChI=1S/C13H20ClN3/c1-13(2)8-6-10(7-9-13)17(3)12-5-4-11(14)15-16-12/h4-5,10H,6-9H2,1-3H3. The van der Waals surface area contributed by atoms with Gasteiger partial charge in [0.05, 0.1) is 0 Å². The molecule has 1 aliphatic carbocycles. The molecule has 1 saturated carbocycles. The molecule has 0 atom stereocenters. The molecule has 94 valence electrons. The summed E-state index contributed by atoms with van der Waals surface area (Å²) in [6, 6.07) is 4.32. The van der Waals surface area contributed by atoms with Crippen molar-refractivity contribution in [1.29, 1.82) is 0 Å². The van der Waals surface area contributed by atoms with Gasteiger partial charge in [-0.1, -0.05) is 25.4 Å². The number of rotatable bonds is 2. The minimum atomic E-state index is 0.451. The Morgan fingerprint density at radius 2 is 1.88 bits per heavy atom. The van der Waals surface area contributed by atoms with E-state index in [1.807, 2.05) is 6.07 Å². The van der Waals surface area contributed by atoms with Crippen molar-refractivity contribution in [3.63, 3.8) is 0 Å². The molecule has 1 fully saturated rings. The van der Waals surface area contributed by atoms with E-state index in [1.54, 1.807) is 6.07 Å². The SMILES string of the molecule is CN(c1ccc(Cl)nn1)C1CCC(C)(C)CC1. The predicted molar refractivity (Wildman–Crippen MR) is 71.5 cm³/mol. The van der Waals surface area contributed by atoms with Crippen LogP contribution in [0.15, 0.2) is 12.1 Å². The summed E-state index contributed by atoms with van der Waals surface area (Å²) in [6.07, 6.45) is 5.02. The monoisotopic (exact) mass is 253 g/mol. The van der Waals surface area contributed by atoms with E-state index in [-0.39, 0.29) is 0 Å². The van der Waals surface area contributed by atoms with Gasteiger partial charge in [0.1, 0.15) is 0 Å². The summed E-state index contributed by atoms with van der Waals surface area (Å²) >= 11 is 5.75. The van der Waals surface area contributed by atoms with Crippen LogP contribution in [0.3, 0.4) is 0 Å². The van der Waals surface area contributed by atoms with Crippen LogP contribution in [0, 0.1) is 5.41 Å². The Balaban J connectivity index is 2.01. The lowest BCUT2D eigenvalue weighted by molar-refractivity contribution is 0.222. The molecule has 1 aromatic rings. The third-order valence-electron chi connectivity index (χ3n) is 3.84. The van der Waals surface area contributed by atoms with Crippen LogP contribution in [-0.4, -0.2) is 23.3 Å². The number of anilines is 1. The van der Waals surface area contributed by atoms with Crippen LogP contribution < -0.4 is 4.90 Å². The lowest BCUT2D eigenvalue weighted by atomic mass is 9.75. The van der Waals surface area contributed by atoms with Crippen molar-refractivity contribution in [2.24, 2.45) is 5.41 Å². The highest BCUT2D eigenvalue weighted by molar-refractivity contribution is 6.29. The highest BCUT2D eigenvalue weighted by atomic mass is 35.5. The van der Waals surface area contributed by atoms with E-state index in [1.165, 1.54) is 25.7 Å². The molecule has 17 heavy (non-hydrogen) atoms. The summed E-state index contributed by atoms with van der Waals surface area (Å²) in [5.74, 6) is 0.916. The number of hydrogen-bond acceptors (Lipinski definition) is 3. The summed E-state index contributed by atoms with van der Waals surface area (Å²) in [4.78, 5) is 2.23. The fourth-order valence-corrected chi connectivity index (χ4v) is 2.56. The zero-order valence-corrected chi connectivity index (χ0v) is 11.5. The fraction of sp³-hybridized carbons (Fsp3) is 0.692. The van der Waals surface area contributed by atoms with E-state index in [9.17, 15) is 0 Å². The van der Waals surface area contributed by atoms with Gasteiger partial charge in [0.15, 0.2) is 11.0 Å². The summed E-state index contributed by atoms with van der Waals surface area (Å²) in [6.45, 7) is 4.70. The highest BCUT2D eigenvalue weighted by Crippen LogP contribution is 2.37. The van der Waals surface area contributed by atoms with Crippen LogP contribution in [-0.2, 0) is 0 Å². The lowest BCUT2D eigenvalue weighted by Gasteiger charge is -2.38. The average molecular weight is 254 g/mol. The van der Waals surface area contributed by atoms with Gasteiger partial charge in [0.25, 0.3) is 0 Å². The molecular weight excluding hydrogens is 234 g/mol. The highest BCUT2D eigenvalue weighted by Gasteiger charge is 2.29. The lowest BCUT2D eigenvalue weighted by Crippen LogP contribution is -2.37. The van der Waals surface area contributed by atoms with Crippen molar-refractivity contribution in [3.05, 3.63) is 17.3 Å². The molecule has 0 radical (unpaired) electrons. The van der Waals surface area contributed by atoms with Gasteiger partial charge in [-0.2, -0.15) is 0 Å². The summed E-state index contributed by atoms with van der Waals surface area (Å²) < 4.78 is 0. The molecule has 3 nitrogen and oxygen atoms in total. The largest absolute Gasteiger partial charge is 0.355 e. The molecule has 2 rings (SSSR count). The predicted octanol–water partition coefficient (Wildman–Crippen LogP) is 3.54. The fourth-order valence-electron chi connectivity index (χ4n) is 2.46. The maximum Gasteiger partial charge on any atom is 0.151 e. The molecule has 0 spiro atoms. The Morgan fingerprint density at radius 3 is 2.41 bits per heavy atom.